The second-order valence-corrected chi connectivity index (χ2v) is 4.02. The van der Waals surface area contributed by atoms with Crippen LogP contribution in [-0.2, 0) is 4.79 Å². The Labute approximate surface area is 114 Å². The van der Waals surface area contributed by atoms with Crippen molar-refractivity contribution in [1.82, 2.24) is 0 Å². The molecule has 1 N–H and O–H groups in total. The average molecular weight is 340 g/mol. The SMILES string of the molecule is O=C(O)CI.c1ccc(-c2ccccc2)cc1. The van der Waals surface area contributed by atoms with Crippen molar-refractivity contribution in [1.29, 1.82) is 0 Å². The topological polar surface area (TPSA) is 37.3 Å². The first kappa shape index (κ1) is 13.7. The number of rotatable bonds is 2. The second kappa shape index (κ2) is 7.84. The second-order valence-electron chi connectivity index (χ2n) is 3.26. The van der Waals surface area contributed by atoms with Crippen molar-refractivity contribution in [3.63, 3.8) is 0 Å². The van der Waals surface area contributed by atoms with E-state index < -0.39 is 5.97 Å². The molecule has 88 valence electrons. The predicted molar refractivity (Wildman–Crippen MR) is 78.4 cm³/mol. The Kier molecular flexibility index (Phi) is 6.32. The first-order chi connectivity index (χ1) is 8.24. The third-order valence-corrected chi connectivity index (χ3v) is 2.65. The Morgan fingerprint density at radius 1 is 0.882 bits per heavy atom. The number of halogens is 1. The lowest BCUT2D eigenvalue weighted by molar-refractivity contribution is -0.133. The van der Waals surface area contributed by atoms with Crippen LogP contribution in [0.1, 0.15) is 0 Å². The van der Waals surface area contributed by atoms with Gasteiger partial charge in [0.1, 0.15) is 0 Å². The molecule has 2 aromatic rings. The highest BCUT2D eigenvalue weighted by atomic mass is 127. The molecule has 0 radical (unpaired) electrons. The lowest BCUT2D eigenvalue weighted by atomic mass is 10.1. The maximum absolute atomic E-state index is 9.36. The van der Waals surface area contributed by atoms with Gasteiger partial charge in [0.2, 0.25) is 0 Å². The first-order valence-corrected chi connectivity index (χ1v) is 6.65. The van der Waals surface area contributed by atoms with Gasteiger partial charge >= 0.3 is 5.97 Å². The highest BCUT2D eigenvalue weighted by Gasteiger charge is 1.91. The number of hydrogen-bond acceptors (Lipinski definition) is 1. The summed E-state index contributed by atoms with van der Waals surface area (Å²) in [5.74, 6) is -0.759. The number of alkyl halides is 1. The summed E-state index contributed by atoms with van der Waals surface area (Å²) in [5.41, 5.74) is 2.55. The van der Waals surface area contributed by atoms with E-state index in [0.29, 0.717) is 0 Å². The van der Waals surface area contributed by atoms with E-state index in [1.807, 2.05) is 12.1 Å². The monoisotopic (exact) mass is 340 g/mol. The third kappa shape index (κ3) is 5.49. The van der Waals surface area contributed by atoms with E-state index in [4.69, 9.17) is 5.11 Å². The van der Waals surface area contributed by atoms with Crippen molar-refractivity contribution in [2.75, 3.05) is 4.43 Å². The summed E-state index contributed by atoms with van der Waals surface area (Å²) in [6.07, 6.45) is 0. The van der Waals surface area contributed by atoms with Crippen molar-refractivity contribution >= 4 is 28.6 Å². The summed E-state index contributed by atoms with van der Waals surface area (Å²) in [5, 5.41) is 7.71. The highest BCUT2D eigenvalue weighted by molar-refractivity contribution is 14.1. The van der Waals surface area contributed by atoms with Crippen molar-refractivity contribution in [3.05, 3.63) is 60.7 Å². The predicted octanol–water partition coefficient (Wildman–Crippen LogP) is 3.86. The lowest BCUT2D eigenvalue weighted by Gasteiger charge is -1.98. The largest absolute Gasteiger partial charge is 0.481 e. The van der Waals surface area contributed by atoms with Crippen LogP contribution in [0.4, 0.5) is 0 Å². The summed E-state index contributed by atoms with van der Waals surface area (Å²) < 4.78 is 0.192. The molecule has 0 heterocycles. The molecule has 0 aliphatic carbocycles. The van der Waals surface area contributed by atoms with Crippen LogP contribution in [0.15, 0.2) is 60.7 Å². The zero-order chi connectivity index (χ0) is 12.5. The third-order valence-electron chi connectivity index (χ3n) is 2.00. The summed E-state index contributed by atoms with van der Waals surface area (Å²) in [4.78, 5) is 9.36. The molecule has 0 fully saturated rings. The number of hydrogen-bond donors (Lipinski definition) is 1. The van der Waals surface area contributed by atoms with E-state index >= 15 is 0 Å². The minimum atomic E-state index is -0.759. The number of carboxylic acid groups (broad SMARTS) is 1. The van der Waals surface area contributed by atoms with Crippen LogP contribution in [0.25, 0.3) is 11.1 Å². The van der Waals surface area contributed by atoms with E-state index in [9.17, 15) is 4.79 Å². The number of carbonyl (C=O) groups is 1. The molecule has 0 atom stereocenters. The molecular formula is C14H13IO2. The molecule has 0 saturated carbocycles. The Morgan fingerprint density at radius 2 is 1.18 bits per heavy atom. The molecule has 17 heavy (non-hydrogen) atoms. The fraction of sp³-hybridized carbons (Fsp3) is 0.0714. The highest BCUT2D eigenvalue weighted by Crippen LogP contribution is 2.17. The van der Waals surface area contributed by atoms with Crippen LogP contribution in [0.3, 0.4) is 0 Å². The maximum Gasteiger partial charge on any atom is 0.313 e. The summed E-state index contributed by atoms with van der Waals surface area (Å²) in [6, 6.07) is 20.8. The van der Waals surface area contributed by atoms with E-state index in [2.05, 4.69) is 48.5 Å². The van der Waals surface area contributed by atoms with Gasteiger partial charge in [0.05, 0.1) is 4.43 Å². The van der Waals surface area contributed by atoms with Gasteiger partial charge in [-0.3, -0.25) is 4.79 Å². The van der Waals surface area contributed by atoms with Gasteiger partial charge in [-0.25, -0.2) is 0 Å². The quantitative estimate of drug-likeness (QED) is 0.666. The molecule has 2 nitrogen and oxygen atoms in total. The molecule has 0 bridgehead atoms. The summed E-state index contributed by atoms with van der Waals surface area (Å²) >= 11 is 1.78. The van der Waals surface area contributed by atoms with Crippen LogP contribution in [0, 0.1) is 0 Å². The zero-order valence-corrected chi connectivity index (χ0v) is 11.4. The summed E-state index contributed by atoms with van der Waals surface area (Å²) in [6.45, 7) is 0. The number of aliphatic carboxylic acids is 1. The lowest BCUT2D eigenvalue weighted by Crippen LogP contribution is -1.91. The van der Waals surface area contributed by atoms with Crippen LogP contribution in [0.2, 0.25) is 0 Å². The molecule has 2 rings (SSSR count). The zero-order valence-electron chi connectivity index (χ0n) is 9.21. The minimum absolute atomic E-state index is 0.192. The average Bonchev–Trinajstić information content (AvgIpc) is 2.41. The maximum atomic E-state index is 9.36. The van der Waals surface area contributed by atoms with Gasteiger partial charge in [0.15, 0.2) is 0 Å². The molecule has 0 amide bonds. The van der Waals surface area contributed by atoms with Crippen molar-refractivity contribution in [3.8, 4) is 11.1 Å². The van der Waals surface area contributed by atoms with Crippen LogP contribution >= 0.6 is 22.6 Å². The van der Waals surface area contributed by atoms with Gasteiger partial charge < -0.3 is 5.11 Å². The van der Waals surface area contributed by atoms with Gasteiger partial charge in [0, 0.05) is 0 Å². The number of benzene rings is 2. The normalized spacial score (nSPS) is 9.00. The molecule has 0 aliphatic heterocycles. The van der Waals surface area contributed by atoms with Gasteiger partial charge in [-0.2, -0.15) is 0 Å². The van der Waals surface area contributed by atoms with Crippen LogP contribution < -0.4 is 0 Å². The van der Waals surface area contributed by atoms with Crippen LogP contribution in [0.5, 0.6) is 0 Å². The van der Waals surface area contributed by atoms with Crippen LogP contribution in [-0.4, -0.2) is 15.5 Å². The smallest absolute Gasteiger partial charge is 0.313 e. The Balaban J connectivity index is 0.000000249. The van der Waals surface area contributed by atoms with Gasteiger partial charge in [-0.1, -0.05) is 83.3 Å². The van der Waals surface area contributed by atoms with Gasteiger partial charge in [-0.05, 0) is 11.1 Å². The standard InChI is InChI=1S/C12H10.C2H3IO2/c1-3-7-11(8-4-1)12-9-5-2-6-10-12;3-1-2(4)5/h1-10H;1H2,(H,4,5). The number of carboxylic acids is 1. The van der Waals surface area contributed by atoms with E-state index in [1.54, 1.807) is 22.6 Å². The Morgan fingerprint density at radius 3 is 1.41 bits per heavy atom. The van der Waals surface area contributed by atoms with Gasteiger partial charge in [0.25, 0.3) is 0 Å². The molecule has 0 unspecified atom stereocenters. The van der Waals surface area contributed by atoms with Gasteiger partial charge in [-0.15, -0.1) is 0 Å². The molecule has 2 aromatic carbocycles. The molecule has 0 saturated heterocycles. The molecule has 3 heteroatoms. The van der Waals surface area contributed by atoms with Crippen molar-refractivity contribution in [2.24, 2.45) is 0 Å². The summed E-state index contributed by atoms with van der Waals surface area (Å²) in [7, 11) is 0. The van der Waals surface area contributed by atoms with E-state index in [-0.39, 0.29) is 4.43 Å². The first-order valence-electron chi connectivity index (χ1n) is 5.12. The molecule has 0 aromatic heterocycles. The van der Waals surface area contributed by atoms with Crippen molar-refractivity contribution < 1.29 is 9.90 Å². The molecular weight excluding hydrogens is 327 g/mol. The van der Waals surface area contributed by atoms with E-state index in [0.717, 1.165) is 0 Å². The fourth-order valence-corrected chi connectivity index (χ4v) is 1.26. The van der Waals surface area contributed by atoms with Crippen molar-refractivity contribution in [2.45, 2.75) is 0 Å². The Bertz CT molecular complexity index is 403. The Hall–Kier alpha value is -1.36. The molecule has 0 aliphatic rings. The van der Waals surface area contributed by atoms with E-state index in [1.165, 1.54) is 11.1 Å². The molecule has 0 spiro atoms. The fourth-order valence-electron chi connectivity index (χ4n) is 1.26. The minimum Gasteiger partial charge on any atom is -0.481 e.